The van der Waals surface area contributed by atoms with E-state index < -0.39 is 5.38 Å². The normalized spacial score (nSPS) is 21.7. The van der Waals surface area contributed by atoms with Gasteiger partial charge in [-0.15, -0.1) is 11.6 Å². The van der Waals surface area contributed by atoms with E-state index in [0.29, 0.717) is 18.4 Å². The molecular weight excluding hydrogens is 214 g/mol. The van der Waals surface area contributed by atoms with Crippen molar-refractivity contribution in [2.45, 2.75) is 17.9 Å². The highest BCUT2D eigenvalue weighted by molar-refractivity contribution is 6.39. The molecule has 1 aliphatic rings. The van der Waals surface area contributed by atoms with Gasteiger partial charge in [-0.25, -0.2) is 0 Å². The number of hydrogen-bond donors (Lipinski definition) is 0. The third-order valence-corrected chi connectivity index (χ3v) is 2.66. The lowest BCUT2D eigenvalue weighted by Crippen LogP contribution is -2.14. The van der Waals surface area contributed by atoms with Crippen molar-refractivity contribution in [3.8, 4) is 0 Å². The average Bonchev–Trinajstić information content (AvgIpc) is 2.78. The number of alkyl halides is 1. The molecule has 1 aromatic carbocycles. The summed E-state index contributed by atoms with van der Waals surface area (Å²) in [5.74, 6) is 0. The maximum atomic E-state index is 10.5. The van der Waals surface area contributed by atoms with E-state index in [9.17, 15) is 4.79 Å². The van der Waals surface area contributed by atoms with Crippen LogP contribution >= 0.6 is 11.6 Å². The van der Waals surface area contributed by atoms with Crippen LogP contribution in [-0.4, -0.2) is 17.4 Å². The lowest BCUT2D eigenvalue weighted by Gasteiger charge is -2.07. The molecule has 0 bridgehead atoms. The fourth-order valence-corrected chi connectivity index (χ4v) is 1.61. The van der Waals surface area contributed by atoms with Crippen LogP contribution in [0.3, 0.4) is 0 Å². The van der Waals surface area contributed by atoms with Gasteiger partial charge < -0.3 is 9.63 Å². The molecule has 0 aliphatic carbocycles. The average molecular weight is 224 g/mol. The summed E-state index contributed by atoms with van der Waals surface area (Å²) in [5, 5.41) is 3.15. The van der Waals surface area contributed by atoms with Gasteiger partial charge in [-0.1, -0.05) is 35.5 Å². The van der Waals surface area contributed by atoms with Gasteiger partial charge in [0.2, 0.25) is 0 Å². The summed E-state index contributed by atoms with van der Waals surface area (Å²) in [6, 6.07) is 9.75. The summed E-state index contributed by atoms with van der Waals surface area (Å²) in [5.41, 5.74) is 1.64. The molecule has 0 aromatic heterocycles. The van der Waals surface area contributed by atoms with Crippen LogP contribution in [0.2, 0.25) is 0 Å². The highest BCUT2D eigenvalue weighted by Gasteiger charge is 2.26. The summed E-state index contributed by atoms with van der Waals surface area (Å²) in [6.07, 6.45) is 1.14. The van der Waals surface area contributed by atoms with Crippen LogP contribution in [0.5, 0.6) is 0 Å². The topological polar surface area (TPSA) is 38.7 Å². The van der Waals surface area contributed by atoms with Crippen LogP contribution in [0.1, 0.15) is 18.1 Å². The monoisotopic (exact) mass is 223 g/mol. The maximum Gasteiger partial charge on any atom is 0.157 e. The Morgan fingerprint density at radius 2 is 2.20 bits per heavy atom. The van der Waals surface area contributed by atoms with E-state index in [1.165, 1.54) is 0 Å². The molecule has 1 aromatic rings. The molecule has 0 N–H and O–H groups in total. The second-order valence-electron chi connectivity index (χ2n) is 3.33. The van der Waals surface area contributed by atoms with Gasteiger partial charge in [0.05, 0.1) is 5.71 Å². The second-order valence-corrected chi connectivity index (χ2v) is 3.80. The third-order valence-electron chi connectivity index (χ3n) is 2.30. The van der Waals surface area contributed by atoms with Crippen LogP contribution in [0.15, 0.2) is 35.5 Å². The van der Waals surface area contributed by atoms with Gasteiger partial charge in [0.1, 0.15) is 11.7 Å². The number of carbonyl (C=O) groups is 1. The smallest absolute Gasteiger partial charge is 0.157 e. The molecule has 1 aliphatic heterocycles. The van der Waals surface area contributed by atoms with Crippen LogP contribution in [0.4, 0.5) is 0 Å². The molecular formula is C11H10ClNO2. The number of oxime groups is 1. The molecule has 2 rings (SSSR count). The number of halogens is 1. The number of nitrogens with zero attached hydrogens (tertiary/aromatic N) is 1. The Morgan fingerprint density at radius 1 is 1.47 bits per heavy atom. The predicted molar refractivity (Wildman–Crippen MR) is 58.0 cm³/mol. The Kier molecular flexibility index (Phi) is 3.02. The van der Waals surface area contributed by atoms with Gasteiger partial charge in [-0.3, -0.25) is 0 Å². The molecule has 3 nitrogen and oxygen atoms in total. The van der Waals surface area contributed by atoms with E-state index >= 15 is 0 Å². The molecule has 78 valence electrons. The molecule has 4 heteroatoms. The van der Waals surface area contributed by atoms with Gasteiger partial charge in [0.15, 0.2) is 6.10 Å². The van der Waals surface area contributed by atoms with Crippen molar-refractivity contribution >= 4 is 23.6 Å². The van der Waals surface area contributed by atoms with Gasteiger partial charge in [-0.05, 0) is 5.56 Å². The first-order valence-electron chi connectivity index (χ1n) is 4.68. The van der Waals surface area contributed by atoms with Gasteiger partial charge >= 0.3 is 0 Å². The Morgan fingerprint density at radius 3 is 2.87 bits per heavy atom. The van der Waals surface area contributed by atoms with E-state index in [2.05, 4.69) is 5.16 Å². The first-order chi connectivity index (χ1) is 7.31. The van der Waals surface area contributed by atoms with Crippen molar-refractivity contribution in [2.75, 3.05) is 0 Å². The minimum absolute atomic E-state index is 0.109. The first kappa shape index (κ1) is 10.2. The fraction of sp³-hybridized carbons (Fsp3) is 0.273. The Labute approximate surface area is 92.7 Å². The highest BCUT2D eigenvalue weighted by Crippen LogP contribution is 2.28. The Balaban J connectivity index is 2.05. The number of carbonyl (C=O) groups excluding carboxylic acids is 1. The van der Waals surface area contributed by atoms with Crippen molar-refractivity contribution in [3.05, 3.63) is 35.9 Å². The molecule has 0 radical (unpaired) electrons. The van der Waals surface area contributed by atoms with E-state index in [-0.39, 0.29) is 6.10 Å². The van der Waals surface area contributed by atoms with Crippen LogP contribution in [0.25, 0.3) is 0 Å². The molecule has 0 saturated heterocycles. The molecule has 0 spiro atoms. The molecule has 2 unspecified atom stereocenters. The lowest BCUT2D eigenvalue weighted by molar-refractivity contribution is -0.106. The minimum Gasteiger partial charge on any atom is -0.387 e. The summed E-state index contributed by atoms with van der Waals surface area (Å²) in [6.45, 7) is 0. The standard InChI is InChI=1S/C11H10ClNO2/c12-9(7-14)10-6-11(15-13-10)8-4-2-1-3-5-8/h1-5,7,9,11H,6H2. The van der Waals surface area contributed by atoms with Gasteiger partial charge in [-0.2, -0.15) is 0 Å². The molecule has 0 fully saturated rings. The first-order valence-corrected chi connectivity index (χ1v) is 5.12. The van der Waals surface area contributed by atoms with E-state index in [1.807, 2.05) is 30.3 Å². The Bertz CT molecular complexity index is 377. The van der Waals surface area contributed by atoms with E-state index in [4.69, 9.17) is 16.4 Å². The number of rotatable bonds is 3. The maximum absolute atomic E-state index is 10.5. The Hall–Kier alpha value is -1.35. The van der Waals surface area contributed by atoms with Crippen molar-refractivity contribution < 1.29 is 9.63 Å². The summed E-state index contributed by atoms with van der Waals surface area (Å²) in [4.78, 5) is 15.7. The van der Waals surface area contributed by atoms with Gasteiger partial charge in [0, 0.05) is 6.42 Å². The third kappa shape index (κ3) is 2.18. The molecule has 0 amide bonds. The summed E-state index contributed by atoms with van der Waals surface area (Å²) in [7, 11) is 0. The largest absolute Gasteiger partial charge is 0.387 e. The van der Waals surface area contributed by atoms with E-state index in [1.54, 1.807) is 0 Å². The number of aldehydes is 1. The zero-order valence-electron chi connectivity index (χ0n) is 7.97. The lowest BCUT2D eigenvalue weighted by atomic mass is 10.0. The zero-order chi connectivity index (χ0) is 10.7. The summed E-state index contributed by atoms with van der Waals surface area (Å²) < 4.78 is 0. The molecule has 1 heterocycles. The predicted octanol–water partition coefficient (Wildman–Crippen LogP) is 2.31. The van der Waals surface area contributed by atoms with Crippen molar-refractivity contribution in [1.29, 1.82) is 0 Å². The van der Waals surface area contributed by atoms with Crippen molar-refractivity contribution in [2.24, 2.45) is 5.16 Å². The van der Waals surface area contributed by atoms with Crippen molar-refractivity contribution in [1.82, 2.24) is 0 Å². The molecule has 0 saturated carbocycles. The minimum atomic E-state index is -0.668. The number of hydrogen-bond acceptors (Lipinski definition) is 3. The second kappa shape index (κ2) is 4.45. The van der Waals surface area contributed by atoms with E-state index in [0.717, 1.165) is 5.56 Å². The zero-order valence-corrected chi connectivity index (χ0v) is 8.72. The highest BCUT2D eigenvalue weighted by atomic mass is 35.5. The van der Waals surface area contributed by atoms with Crippen LogP contribution < -0.4 is 0 Å². The van der Waals surface area contributed by atoms with Crippen LogP contribution in [0, 0.1) is 0 Å². The fourth-order valence-electron chi connectivity index (χ4n) is 1.48. The number of benzene rings is 1. The van der Waals surface area contributed by atoms with Gasteiger partial charge in [0.25, 0.3) is 0 Å². The SMILES string of the molecule is O=CC(Cl)C1=NOC(c2ccccc2)C1. The molecule has 2 atom stereocenters. The van der Waals surface area contributed by atoms with Crippen LogP contribution in [-0.2, 0) is 9.63 Å². The quantitative estimate of drug-likeness (QED) is 0.583. The van der Waals surface area contributed by atoms with Crippen molar-refractivity contribution in [3.63, 3.8) is 0 Å². The molecule has 15 heavy (non-hydrogen) atoms. The summed E-state index contributed by atoms with van der Waals surface area (Å²) >= 11 is 5.75.